The highest BCUT2D eigenvalue weighted by Crippen LogP contribution is 2.22. The fourth-order valence-electron chi connectivity index (χ4n) is 1.89. The van der Waals surface area contributed by atoms with Gasteiger partial charge in [-0.3, -0.25) is 0 Å². The first-order valence-corrected chi connectivity index (χ1v) is 5.34. The number of methoxy groups -OCH3 is 2. The molecule has 5 nitrogen and oxygen atoms in total. The second kappa shape index (κ2) is 5.14. The molecule has 0 bridgehead atoms. The number of hydrogen-bond donors (Lipinski definition) is 2. The Bertz CT molecular complexity index is 346. The first-order valence-electron chi connectivity index (χ1n) is 5.34. The van der Waals surface area contributed by atoms with Crippen LogP contribution in [-0.4, -0.2) is 44.4 Å². The molecular formula is C11H17N3O2. The summed E-state index contributed by atoms with van der Waals surface area (Å²) in [7, 11) is 3.37. The van der Waals surface area contributed by atoms with Crippen molar-refractivity contribution in [2.24, 2.45) is 0 Å². The third kappa shape index (κ3) is 2.25. The van der Waals surface area contributed by atoms with Crippen LogP contribution in [0.5, 0.6) is 5.75 Å². The van der Waals surface area contributed by atoms with Gasteiger partial charge < -0.3 is 20.1 Å². The second-order valence-electron chi connectivity index (χ2n) is 3.74. The van der Waals surface area contributed by atoms with E-state index in [1.54, 1.807) is 20.4 Å². The number of rotatable bonds is 4. The summed E-state index contributed by atoms with van der Waals surface area (Å²) in [6, 6.07) is 3.97. The molecule has 1 saturated heterocycles. The zero-order valence-corrected chi connectivity index (χ0v) is 9.56. The van der Waals surface area contributed by atoms with E-state index >= 15 is 0 Å². The van der Waals surface area contributed by atoms with Gasteiger partial charge in [0, 0.05) is 26.4 Å². The summed E-state index contributed by atoms with van der Waals surface area (Å²) in [4.78, 5) is 4.26. The van der Waals surface area contributed by atoms with Gasteiger partial charge in [-0.1, -0.05) is 0 Å². The second-order valence-corrected chi connectivity index (χ2v) is 3.74. The van der Waals surface area contributed by atoms with Crippen molar-refractivity contribution >= 4 is 5.82 Å². The largest absolute Gasteiger partial charge is 0.493 e. The molecule has 1 fully saturated rings. The molecule has 0 spiro atoms. The van der Waals surface area contributed by atoms with E-state index in [4.69, 9.17) is 9.47 Å². The molecule has 5 heteroatoms. The van der Waals surface area contributed by atoms with Crippen molar-refractivity contribution in [2.45, 2.75) is 12.1 Å². The van der Waals surface area contributed by atoms with Gasteiger partial charge in [-0.05, 0) is 12.1 Å². The van der Waals surface area contributed by atoms with Crippen molar-refractivity contribution in [3.63, 3.8) is 0 Å². The molecule has 0 aromatic carbocycles. The Labute approximate surface area is 95.2 Å². The van der Waals surface area contributed by atoms with Crippen LogP contribution in [-0.2, 0) is 4.74 Å². The van der Waals surface area contributed by atoms with E-state index in [2.05, 4.69) is 15.6 Å². The molecule has 2 atom stereocenters. The first-order chi connectivity index (χ1) is 7.85. The van der Waals surface area contributed by atoms with Crippen molar-refractivity contribution in [1.82, 2.24) is 10.3 Å². The van der Waals surface area contributed by atoms with Crippen LogP contribution < -0.4 is 15.4 Å². The van der Waals surface area contributed by atoms with E-state index in [9.17, 15) is 0 Å². The lowest BCUT2D eigenvalue weighted by Crippen LogP contribution is -2.33. The van der Waals surface area contributed by atoms with Crippen LogP contribution in [0.1, 0.15) is 0 Å². The average molecular weight is 223 g/mol. The van der Waals surface area contributed by atoms with Crippen LogP contribution in [0, 0.1) is 0 Å². The van der Waals surface area contributed by atoms with Crippen LogP contribution in [0.15, 0.2) is 18.3 Å². The smallest absolute Gasteiger partial charge is 0.169 e. The van der Waals surface area contributed by atoms with E-state index in [-0.39, 0.29) is 12.1 Å². The lowest BCUT2D eigenvalue weighted by Gasteiger charge is -2.20. The topological polar surface area (TPSA) is 55.4 Å². The van der Waals surface area contributed by atoms with E-state index in [1.807, 2.05) is 12.1 Å². The summed E-state index contributed by atoms with van der Waals surface area (Å²) >= 11 is 0. The van der Waals surface area contributed by atoms with Crippen molar-refractivity contribution in [3.05, 3.63) is 18.3 Å². The number of nitrogens with one attached hydrogen (secondary N) is 2. The highest BCUT2D eigenvalue weighted by Gasteiger charge is 2.27. The molecule has 2 rings (SSSR count). The summed E-state index contributed by atoms with van der Waals surface area (Å²) in [6.07, 6.45) is 1.92. The lowest BCUT2D eigenvalue weighted by atomic mass is 10.2. The highest BCUT2D eigenvalue weighted by atomic mass is 16.5. The van der Waals surface area contributed by atoms with Gasteiger partial charge in [0.15, 0.2) is 11.6 Å². The molecule has 0 saturated carbocycles. The van der Waals surface area contributed by atoms with Gasteiger partial charge in [-0.15, -0.1) is 0 Å². The quantitative estimate of drug-likeness (QED) is 0.778. The minimum atomic E-state index is 0.173. The van der Waals surface area contributed by atoms with Crippen molar-refractivity contribution in [1.29, 1.82) is 0 Å². The van der Waals surface area contributed by atoms with Crippen molar-refractivity contribution in [3.8, 4) is 5.75 Å². The van der Waals surface area contributed by atoms with Gasteiger partial charge in [0.25, 0.3) is 0 Å². The summed E-state index contributed by atoms with van der Waals surface area (Å²) in [5.74, 6) is 1.52. The number of anilines is 1. The molecule has 2 heterocycles. The highest BCUT2D eigenvalue weighted by molar-refractivity contribution is 5.50. The van der Waals surface area contributed by atoms with Gasteiger partial charge in [0.05, 0.1) is 19.3 Å². The fraction of sp³-hybridized carbons (Fsp3) is 0.545. The van der Waals surface area contributed by atoms with Gasteiger partial charge in [0.1, 0.15) is 0 Å². The predicted octanol–water partition coefficient (Wildman–Crippen LogP) is 0.489. The molecule has 1 unspecified atom stereocenters. The molecule has 16 heavy (non-hydrogen) atoms. The fourth-order valence-corrected chi connectivity index (χ4v) is 1.89. The number of nitrogens with zero attached hydrogens (tertiary/aromatic N) is 1. The molecule has 1 aromatic rings. The van der Waals surface area contributed by atoms with Gasteiger partial charge in [-0.25, -0.2) is 4.98 Å². The summed E-state index contributed by atoms with van der Waals surface area (Å²) in [6.45, 7) is 1.74. The maximum atomic E-state index is 5.38. The van der Waals surface area contributed by atoms with Crippen LogP contribution in [0.4, 0.5) is 5.82 Å². The van der Waals surface area contributed by atoms with Crippen LogP contribution in [0.3, 0.4) is 0 Å². The summed E-state index contributed by atoms with van der Waals surface area (Å²) in [5, 5.41) is 6.61. The normalized spacial score (nSPS) is 24.4. The molecule has 1 aliphatic heterocycles. The zero-order chi connectivity index (χ0) is 11.4. The number of ether oxygens (including phenoxy) is 2. The summed E-state index contributed by atoms with van der Waals surface area (Å²) in [5.41, 5.74) is 0. The zero-order valence-electron chi connectivity index (χ0n) is 9.56. The van der Waals surface area contributed by atoms with Crippen LogP contribution in [0.2, 0.25) is 0 Å². The molecule has 0 aliphatic carbocycles. The molecule has 1 aliphatic rings. The standard InChI is InChI=1S/C11H17N3O2/c1-15-9-4-3-5-13-11(9)14-8-6-12-7-10(8)16-2/h3-5,8,10,12H,6-7H2,1-2H3,(H,13,14)/t8?,10-/m0/s1. The molecule has 0 radical (unpaired) electrons. The predicted molar refractivity (Wildman–Crippen MR) is 61.9 cm³/mol. The molecule has 88 valence electrons. The minimum absolute atomic E-state index is 0.173. The van der Waals surface area contributed by atoms with Crippen LogP contribution >= 0.6 is 0 Å². The Morgan fingerprint density at radius 1 is 1.44 bits per heavy atom. The maximum absolute atomic E-state index is 5.38. The number of aromatic nitrogens is 1. The van der Waals surface area contributed by atoms with Gasteiger partial charge in [-0.2, -0.15) is 0 Å². The lowest BCUT2D eigenvalue weighted by molar-refractivity contribution is 0.111. The monoisotopic (exact) mass is 223 g/mol. The molecule has 2 N–H and O–H groups in total. The van der Waals surface area contributed by atoms with Crippen molar-refractivity contribution < 1.29 is 9.47 Å². The number of pyridine rings is 1. The van der Waals surface area contributed by atoms with E-state index < -0.39 is 0 Å². The molecular weight excluding hydrogens is 206 g/mol. The number of hydrogen-bond acceptors (Lipinski definition) is 5. The van der Waals surface area contributed by atoms with E-state index in [0.717, 1.165) is 24.7 Å². The first kappa shape index (κ1) is 11.2. The van der Waals surface area contributed by atoms with E-state index in [1.165, 1.54) is 0 Å². The molecule has 0 amide bonds. The third-order valence-corrected chi connectivity index (χ3v) is 2.77. The van der Waals surface area contributed by atoms with E-state index in [0.29, 0.717) is 0 Å². The Morgan fingerprint density at radius 3 is 3.06 bits per heavy atom. The molecule has 1 aromatic heterocycles. The Hall–Kier alpha value is -1.33. The Kier molecular flexibility index (Phi) is 3.58. The van der Waals surface area contributed by atoms with Gasteiger partial charge in [0.2, 0.25) is 0 Å². The van der Waals surface area contributed by atoms with Gasteiger partial charge >= 0.3 is 0 Å². The SMILES string of the molecule is COc1cccnc1NC1CNC[C@@H]1OC. The maximum Gasteiger partial charge on any atom is 0.169 e. The Morgan fingerprint density at radius 2 is 2.31 bits per heavy atom. The average Bonchev–Trinajstić information content (AvgIpc) is 2.77. The minimum Gasteiger partial charge on any atom is -0.493 e. The Balaban J connectivity index is 2.08. The summed E-state index contributed by atoms with van der Waals surface area (Å²) < 4.78 is 10.6. The van der Waals surface area contributed by atoms with Crippen LogP contribution in [0.25, 0.3) is 0 Å². The van der Waals surface area contributed by atoms with Crippen molar-refractivity contribution in [2.75, 3.05) is 32.6 Å². The third-order valence-electron chi connectivity index (χ3n) is 2.77.